The molecule has 2 saturated carbocycles. The number of hydrogen-bond donors (Lipinski definition) is 3. The number of aliphatic hydroxyl groups excluding tert-OH is 1. The number of amides is 1. The first-order valence-corrected chi connectivity index (χ1v) is 13.3. The van der Waals surface area contributed by atoms with Crippen LogP contribution in [0.25, 0.3) is 5.69 Å². The van der Waals surface area contributed by atoms with Crippen LogP contribution in [0.3, 0.4) is 0 Å². The van der Waals surface area contributed by atoms with Crippen molar-refractivity contribution in [3.63, 3.8) is 0 Å². The van der Waals surface area contributed by atoms with E-state index in [1.807, 2.05) is 36.2 Å². The maximum atomic E-state index is 14.9. The highest BCUT2D eigenvalue weighted by Gasteiger charge is 2.47. The topological polar surface area (TPSA) is 109 Å². The number of nitrogens with zero attached hydrogens (tertiary/aromatic N) is 3. The van der Waals surface area contributed by atoms with Gasteiger partial charge in [0.2, 0.25) is 0 Å². The summed E-state index contributed by atoms with van der Waals surface area (Å²) in [5, 5.41) is 15.3. The van der Waals surface area contributed by atoms with Gasteiger partial charge in [-0.05, 0) is 57.9 Å². The Morgan fingerprint density at radius 3 is 2.74 bits per heavy atom. The molecule has 0 saturated heterocycles. The molecule has 2 fully saturated rings. The van der Waals surface area contributed by atoms with Gasteiger partial charge in [-0.25, -0.2) is 9.37 Å². The lowest BCUT2D eigenvalue weighted by molar-refractivity contribution is 0.0950. The van der Waals surface area contributed by atoms with Crippen molar-refractivity contribution in [3.05, 3.63) is 81.7 Å². The number of para-hydroxylation sites is 1. The highest BCUT2D eigenvalue weighted by Crippen LogP contribution is 2.50. The Morgan fingerprint density at radius 1 is 1.26 bits per heavy atom. The second-order valence-corrected chi connectivity index (χ2v) is 10.4. The number of rotatable bonds is 12. The van der Waals surface area contributed by atoms with Gasteiger partial charge in [0.25, 0.3) is 11.5 Å². The largest absolute Gasteiger partial charge is 0.492 e. The zero-order valence-electron chi connectivity index (χ0n) is 22.2. The first kappa shape index (κ1) is 26.8. The molecule has 206 valence electrons. The van der Waals surface area contributed by atoms with E-state index < -0.39 is 16.9 Å². The van der Waals surface area contributed by atoms with Crippen molar-refractivity contribution < 1.29 is 19.0 Å². The van der Waals surface area contributed by atoms with E-state index in [-0.39, 0.29) is 35.5 Å². The third-order valence-electron chi connectivity index (χ3n) is 7.31. The Morgan fingerprint density at radius 2 is 2.03 bits per heavy atom. The molecule has 0 atom stereocenters. The third kappa shape index (κ3) is 5.97. The summed E-state index contributed by atoms with van der Waals surface area (Å²) in [6.07, 6.45) is 6.40. The molecule has 2 aliphatic carbocycles. The number of aliphatic hydroxyl groups is 1. The smallest absolute Gasteiger partial charge is 0.297 e. The summed E-state index contributed by atoms with van der Waals surface area (Å²) in [5.74, 6) is -0.0428. The molecule has 3 N–H and O–H groups in total. The highest BCUT2D eigenvalue weighted by molar-refractivity contribution is 5.95. The molecule has 10 heteroatoms. The monoisotopic (exact) mass is 535 g/mol. The first-order chi connectivity index (χ1) is 18.8. The summed E-state index contributed by atoms with van der Waals surface area (Å²) in [7, 11) is 1.92. The van der Waals surface area contributed by atoms with E-state index in [4.69, 9.17) is 9.84 Å². The average molecular weight is 536 g/mol. The van der Waals surface area contributed by atoms with Crippen molar-refractivity contribution in [1.82, 2.24) is 19.8 Å². The molecule has 1 heterocycles. The van der Waals surface area contributed by atoms with Crippen molar-refractivity contribution >= 4 is 11.7 Å². The number of aromatic nitrogens is 2. The molecular weight excluding hydrogens is 501 g/mol. The van der Waals surface area contributed by atoms with E-state index in [2.05, 4.69) is 15.6 Å². The van der Waals surface area contributed by atoms with Gasteiger partial charge in [-0.3, -0.25) is 14.2 Å². The van der Waals surface area contributed by atoms with Gasteiger partial charge >= 0.3 is 0 Å². The molecule has 1 amide bonds. The van der Waals surface area contributed by atoms with Crippen molar-refractivity contribution in [1.29, 1.82) is 0 Å². The van der Waals surface area contributed by atoms with Crippen LogP contribution >= 0.6 is 0 Å². The van der Waals surface area contributed by atoms with Crippen molar-refractivity contribution in [2.75, 3.05) is 38.7 Å². The molecule has 2 aliphatic rings. The van der Waals surface area contributed by atoms with Crippen molar-refractivity contribution in [2.24, 2.45) is 0 Å². The molecule has 0 unspecified atom stereocenters. The van der Waals surface area contributed by atoms with Crippen LogP contribution in [0, 0.1) is 12.7 Å². The van der Waals surface area contributed by atoms with Gasteiger partial charge in [0.1, 0.15) is 18.2 Å². The van der Waals surface area contributed by atoms with Gasteiger partial charge in [0, 0.05) is 48.2 Å². The standard InChI is InChI=1S/C29H34FN5O4/c1-19-23(30)17-20(27(37)32-21-7-8-21)18-24(19)35-12-11-31-26(28(35)38)33-29(9-10-29)22-5-3-4-6-25(22)39-16-14-34(2)13-15-36/h3-6,11-12,17-18,21,36H,7-10,13-16H2,1-2H3,(H,31,33)(H,32,37). The lowest BCUT2D eigenvalue weighted by Crippen LogP contribution is -2.30. The van der Waals surface area contributed by atoms with E-state index in [1.165, 1.54) is 23.0 Å². The number of carbonyl (C=O) groups excluding carboxylic acids is 1. The molecule has 2 aromatic carbocycles. The van der Waals surface area contributed by atoms with Gasteiger partial charge in [-0.2, -0.15) is 0 Å². The number of halogens is 1. The summed E-state index contributed by atoms with van der Waals surface area (Å²) >= 11 is 0. The summed E-state index contributed by atoms with van der Waals surface area (Å²) in [5.41, 5.74) is 0.732. The fraction of sp³-hybridized carbons (Fsp3) is 0.414. The molecule has 39 heavy (non-hydrogen) atoms. The zero-order valence-corrected chi connectivity index (χ0v) is 22.2. The third-order valence-corrected chi connectivity index (χ3v) is 7.31. The minimum atomic E-state index is -0.555. The number of benzene rings is 2. The van der Waals surface area contributed by atoms with Gasteiger partial charge in [-0.15, -0.1) is 0 Å². The number of likely N-dealkylation sites (N-methyl/N-ethyl adjacent to an activating group) is 1. The van der Waals surface area contributed by atoms with Crippen LogP contribution < -0.4 is 20.9 Å². The Balaban J connectivity index is 1.40. The van der Waals surface area contributed by atoms with E-state index >= 15 is 0 Å². The molecule has 5 rings (SSSR count). The quantitative estimate of drug-likeness (QED) is 0.327. The Bertz CT molecular complexity index is 1420. The highest BCUT2D eigenvalue weighted by atomic mass is 19.1. The Kier molecular flexibility index (Phi) is 7.67. The average Bonchev–Trinajstić information content (AvgIpc) is 3.85. The Hall–Kier alpha value is -3.76. The predicted molar refractivity (Wildman–Crippen MR) is 146 cm³/mol. The van der Waals surface area contributed by atoms with Gasteiger partial charge in [0.05, 0.1) is 17.8 Å². The van der Waals surface area contributed by atoms with Gasteiger partial charge in [0.15, 0.2) is 5.82 Å². The van der Waals surface area contributed by atoms with E-state index in [0.717, 1.165) is 37.0 Å². The second-order valence-electron chi connectivity index (χ2n) is 10.4. The maximum Gasteiger partial charge on any atom is 0.297 e. The van der Waals surface area contributed by atoms with Crippen LogP contribution in [0.4, 0.5) is 10.2 Å². The van der Waals surface area contributed by atoms with E-state index in [9.17, 15) is 14.0 Å². The van der Waals surface area contributed by atoms with E-state index in [0.29, 0.717) is 25.4 Å². The van der Waals surface area contributed by atoms with Crippen LogP contribution in [0.15, 0.2) is 53.6 Å². The lowest BCUT2D eigenvalue weighted by Gasteiger charge is -2.23. The number of nitrogens with one attached hydrogen (secondary N) is 2. The molecule has 0 bridgehead atoms. The maximum absolute atomic E-state index is 14.9. The molecule has 1 aromatic heterocycles. The molecule has 0 aliphatic heterocycles. The summed E-state index contributed by atoms with van der Waals surface area (Å²) in [6.45, 7) is 3.36. The number of ether oxygens (including phenoxy) is 1. The second kappa shape index (κ2) is 11.2. The van der Waals surface area contributed by atoms with E-state index in [1.54, 1.807) is 13.0 Å². The van der Waals surface area contributed by atoms with Crippen molar-refractivity contribution in [3.8, 4) is 11.4 Å². The van der Waals surface area contributed by atoms with Crippen molar-refractivity contribution in [2.45, 2.75) is 44.2 Å². The van der Waals surface area contributed by atoms with Gasteiger partial charge in [-0.1, -0.05) is 18.2 Å². The fourth-order valence-electron chi connectivity index (χ4n) is 4.62. The predicted octanol–water partition coefficient (Wildman–Crippen LogP) is 2.98. The molecule has 0 radical (unpaired) electrons. The zero-order chi connectivity index (χ0) is 27.6. The summed E-state index contributed by atoms with van der Waals surface area (Å²) < 4.78 is 22.3. The minimum Gasteiger partial charge on any atom is -0.492 e. The van der Waals surface area contributed by atoms with Crippen LogP contribution in [0.2, 0.25) is 0 Å². The van der Waals surface area contributed by atoms with Crippen LogP contribution in [0.1, 0.15) is 47.2 Å². The SMILES string of the molecule is Cc1c(F)cc(C(=O)NC2CC2)cc1-n1ccnc(NC2(c3ccccc3OCCN(C)CCO)CC2)c1=O. The molecular formula is C29H34FN5O4. The molecule has 9 nitrogen and oxygen atoms in total. The number of carbonyl (C=O) groups is 1. The first-order valence-electron chi connectivity index (χ1n) is 13.3. The van der Waals surface area contributed by atoms with Crippen LogP contribution in [-0.4, -0.2) is 64.9 Å². The van der Waals surface area contributed by atoms with Gasteiger partial charge < -0.3 is 25.4 Å². The normalized spacial score (nSPS) is 15.7. The number of anilines is 1. The van der Waals surface area contributed by atoms with Crippen LogP contribution in [-0.2, 0) is 5.54 Å². The lowest BCUT2D eigenvalue weighted by atomic mass is 10.0. The van der Waals surface area contributed by atoms with Crippen LogP contribution in [0.5, 0.6) is 5.75 Å². The fourth-order valence-corrected chi connectivity index (χ4v) is 4.62. The summed E-state index contributed by atoms with van der Waals surface area (Å²) in [4.78, 5) is 32.5. The molecule has 0 spiro atoms. The molecule has 3 aromatic rings. The minimum absolute atomic E-state index is 0.0891. The summed E-state index contributed by atoms with van der Waals surface area (Å²) in [6, 6.07) is 10.6. The number of hydrogen-bond acceptors (Lipinski definition) is 7. The Labute approximate surface area is 226 Å².